The summed E-state index contributed by atoms with van der Waals surface area (Å²) < 4.78 is 1.90. The van der Waals surface area contributed by atoms with E-state index in [-0.39, 0.29) is 23.9 Å². The number of aromatic nitrogens is 2. The molecular weight excluding hydrogens is 336 g/mol. The van der Waals surface area contributed by atoms with Crippen molar-refractivity contribution in [2.45, 2.75) is 77.9 Å². The second kappa shape index (κ2) is 7.67. The maximum absolute atomic E-state index is 13.1. The highest BCUT2D eigenvalue weighted by atomic mass is 35.5. The van der Waals surface area contributed by atoms with Crippen molar-refractivity contribution in [2.75, 3.05) is 6.54 Å². The number of hydrogen-bond acceptors (Lipinski definition) is 3. The van der Waals surface area contributed by atoms with Gasteiger partial charge in [0, 0.05) is 30.6 Å². The molecule has 1 saturated heterocycles. The van der Waals surface area contributed by atoms with E-state index in [9.17, 15) is 4.79 Å². The maximum Gasteiger partial charge on any atom is 0.226 e. The molecule has 5 nitrogen and oxygen atoms in total. The molecule has 0 aromatic carbocycles. The molecule has 1 saturated carbocycles. The van der Waals surface area contributed by atoms with Gasteiger partial charge in [-0.25, -0.2) is 0 Å². The van der Waals surface area contributed by atoms with Crippen LogP contribution in [0.4, 0.5) is 0 Å². The van der Waals surface area contributed by atoms with Crippen LogP contribution in [0.25, 0.3) is 0 Å². The van der Waals surface area contributed by atoms with E-state index in [0.29, 0.717) is 11.1 Å². The van der Waals surface area contributed by atoms with Gasteiger partial charge in [-0.2, -0.15) is 5.10 Å². The molecule has 0 spiro atoms. The van der Waals surface area contributed by atoms with Crippen molar-refractivity contribution in [1.82, 2.24) is 14.7 Å². The Morgan fingerprint density at radius 3 is 2.76 bits per heavy atom. The average molecular weight is 367 g/mol. The Hall–Kier alpha value is -1.07. The number of carbonyl (C=O) groups is 1. The van der Waals surface area contributed by atoms with E-state index in [1.54, 1.807) is 0 Å². The SMILES string of the molecule is Cc1nn(CC(C)C)c(Cl)c1[C@@H]1CCCN1C(=O)[C@H]1CCC[C@@H](N)C1. The summed E-state index contributed by atoms with van der Waals surface area (Å²) in [6, 6.07) is 0.238. The Morgan fingerprint density at radius 2 is 2.08 bits per heavy atom. The van der Waals surface area contributed by atoms with Gasteiger partial charge >= 0.3 is 0 Å². The second-order valence-electron chi connectivity index (χ2n) is 8.18. The number of amides is 1. The van der Waals surface area contributed by atoms with Crippen molar-refractivity contribution in [1.29, 1.82) is 0 Å². The molecule has 2 aliphatic rings. The Bertz CT molecular complexity index is 627. The lowest BCUT2D eigenvalue weighted by Gasteiger charge is -2.32. The number of carbonyl (C=O) groups excluding carboxylic acids is 1. The first-order valence-corrected chi connectivity index (χ1v) is 10.0. The summed E-state index contributed by atoms with van der Waals surface area (Å²) in [7, 11) is 0. The summed E-state index contributed by atoms with van der Waals surface area (Å²) in [6.07, 6.45) is 5.89. The summed E-state index contributed by atoms with van der Waals surface area (Å²) in [5.41, 5.74) is 8.10. The first kappa shape index (κ1) is 18.7. The number of likely N-dealkylation sites (tertiary alicyclic amines) is 1. The minimum absolute atomic E-state index is 0.0686. The lowest BCUT2D eigenvalue weighted by Crippen LogP contribution is -2.40. The number of halogens is 1. The predicted octanol–water partition coefficient (Wildman–Crippen LogP) is 3.68. The van der Waals surface area contributed by atoms with Crippen molar-refractivity contribution in [2.24, 2.45) is 17.6 Å². The number of rotatable bonds is 4. The van der Waals surface area contributed by atoms with E-state index in [4.69, 9.17) is 17.3 Å². The highest BCUT2D eigenvalue weighted by Gasteiger charge is 2.38. The Kier molecular flexibility index (Phi) is 5.74. The van der Waals surface area contributed by atoms with Crippen molar-refractivity contribution in [3.63, 3.8) is 0 Å². The first-order chi connectivity index (χ1) is 11.9. The summed E-state index contributed by atoms with van der Waals surface area (Å²) in [5, 5.41) is 5.34. The number of hydrogen-bond donors (Lipinski definition) is 1. The summed E-state index contributed by atoms with van der Waals surface area (Å²) >= 11 is 6.68. The zero-order valence-corrected chi connectivity index (χ0v) is 16.4. The largest absolute Gasteiger partial charge is 0.335 e. The van der Waals surface area contributed by atoms with Crippen molar-refractivity contribution in [3.05, 3.63) is 16.4 Å². The van der Waals surface area contributed by atoms with E-state index in [1.807, 2.05) is 11.6 Å². The quantitative estimate of drug-likeness (QED) is 0.883. The normalized spacial score (nSPS) is 27.3. The van der Waals surface area contributed by atoms with Gasteiger partial charge in [0.1, 0.15) is 5.15 Å². The fraction of sp³-hybridized carbons (Fsp3) is 0.789. The van der Waals surface area contributed by atoms with Gasteiger partial charge in [-0.1, -0.05) is 31.9 Å². The van der Waals surface area contributed by atoms with Gasteiger partial charge in [0.05, 0.1) is 11.7 Å². The molecule has 0 bridgehead atoms. The fourth-order valence-electron chi connectivity index (χ4n) is 4.43. The van der Waals surface area contributed by atoms with Gasteiger partial charge < -0.3 is 10.6 Å². The van der Waals surface area contributed by atoms with Crippen LogP contribution >= 0.6 is 11.6 Å². The van der Waals surface area contributed by atoms with E-state index in [0.717, 1.165) is 62.9 Å². The number of nitrogens with zero attached hydrogens (tertiary/aromatic N) is 3. The van der Waals surface area contributed by atoms with Crippen LogP contribution in [0.1, 0.15) is 69.7 Å². The minimum Gasteiger partial charge on any atom is -0.335 e. The summed E-state index contributed by atoms with van der Waals surface area (Å²) in [6.45, 7) is 7.95. The Labute approximate surface area is 155 Å². The second-order valence-corrected chi connectivity index (χ2v) is 8.54. The molecule has 140 valence electrons. The zero-order chi connectivity index (χ0) is 18.1. The molecule has 2 N–H and O–H groups in total. The summed E-state index contributed by atoms with van der Waals surface area (Å²) in [5.74, 6) is 0.827. The van der Waals surface area contributed by atoms with Crippen LogP contribution in [0.3, 0.4) is 0 Å². The Morgan fingerprint density at radius 1 is 1.32 bits per heavy atom. The highest BCUT2D eigenvalue weighted by Crippen LogP contribution is 2.40. The van der Waals surface area contributed by atoms with E-state index in [1.165, 1.54) is 0 Å². The summed E-state index contributed by atoms with van der Waals surface area (Å²) in [4.78, 5) is 15.2. The van der Waals surface area contributed by atoms with Gasteiger partial charge in [-0.05, 0) is 44.9 Å². The zero-order valence-electron chi connectivity index (χ0n) is 15.7. The van der Waals surface area contributed by atoms with E-state index < -0.39 is 0 Å². The highest BCUT2D eigenvalue weighted by molar-refractivity contribution is 6.30. The number of aryl methyl sites for hydroxylation is 1. The third-order valence-electron chi connectivity index (χ3n) is 5.58. The maximum atomic E-state index is 13.1. The van der Waals surface area contributed by atoms with Crippen LogP contribution in [-0.2, 0) is 11.3 Å². The lowest BCUT2D eigenvalue weighted by atomic mass is 9.85. The molecule has 3 rings (SSSR count). The van der Waals surface area contributed by atoms with E-state index >= 15 is 0 Å². The third kappa shape index (κ3) is 3.87. The van der Waals surface area contributed by atoms with Crippen LogP contribution in [0, 0.1) is 18.8 Å². The van der Waals surface area contributed by atoms with Gasteiger partial charge in [0.2, 0.25) is 5.91 Å². The smallest absolute Gasteiger partial charge is 0.226 e. The molecule has 1 aliphatic carbocycles. The minimum atomic E-state index is 0.0686. The Balaban J connectivity index is 1.82. The van der Waals surface area contributed by atoms with Gasteiger partial charge in [0.15, 0.2) is 0 Å². The number of nitrogens with two attached hydrogens (primary N) is 1. The molecule has 6 heteroatoms. The van der Waals surface area contributed by atoms with Crippen LogP contribution in [0.2, 0.25) is 5.15 Å². The molecule has 2 fully saturated rings. The molecular formula is C19H31ClN4O. The molecule has 3 atom stereocenters. The van der Waals surface area contributed by atoms with Crippen LogP contribution in [0.5, 0.6) is 0 Å². The molecule has 1 aliphatic heterocycles. The molecule has 1 aromatic rings. The lowest BCUT2D eigenvalue weighted by molar-refractivity contribution is -0.137. The third-order valence-corrected chi connectivity index (χ3v) is 5.98. The van der Waals surface area contributed by atoms with Crippen molar-refractivity contribution >= 4 is 17.5 Å². The standard InChI is InChI=1S/C19H31ClN4O/c1-12(2)11-24-18(20)17(13(3)22-24)16-8-5-9-23(16)19(25)14-6-4-7-15(21)10-14/h12,14-16H,4-11,21H2,1-3H3/t14-,15+,16-/m0/s1. The van der Waals surface area contributed by atoms with Crippen LogP contribution in [0.15, 0.2) is 0 Å². The molecule has 1 aromatic heterocycles. The van der Waals surface area contributed by atoms with Gasteiger partial charge in [0.25, 0.3) is 0 Å². The predicted molar refractivity (Wildman–Crippen MR) is 100 cm³/mol. The topological polar surface area (TPSA) is 64.2 Å². The average Bonchev–Trinajstić information content (AvgIpc) is 3.11. The van der Waals surface area contributed by atoms with Crippen LogP contribution < -0.4 is 5.73 Å². The molecule has 2 heterocycles. The first-order valence-electron chi connectivity index (χ1n) is 9.67. The van der Waals surface area contributed by atoms with Gasteiger partial charge in [-0.15, -0.1) is 0 Å². The molecule has 0 radical (unpaired) electrons. The molecule has 0 unspecified atom stereocenters. The molecule has 1 amide bonds. The molecule has 25 heavy (non-hydrogen) atoms. The fourth-order valence-corrected chi connectivity index (χ4v) is 4.80. The van der Waals surface area contributed by atoms with E-state index in [2.05, 4.69) is 23.8 Å². The monoisotopic (exact) mass is 366 g/mol. The van der Waals surface area contributed by atoms with Crippen molar-refractivity contribution < 1.29 is 4.79 Å². The van der Waals surface area contributed by atoms with Crippen LogP contribution in [-0.4, -0.2) is 33.2 Å². The van der Waals surface area contributed by atoms with Crippen molar-refractivity contribution in [3.8, 4) is 0 Å². The van der Waals surface area contributed by atoms with Gasteiger partial charge in [-0.3, -0.25) is 9.48 Å².